The first-order valence-corrected chi connectivity index (χ1v) is 11.2. The Balaban J connectivity index is 1.49. The number of aromatic nitrogens is 6. The number of alkyl halides is 2. The molecule has 8 nitrogen and oxygen atoms in total. The van der Waals surface area contributed by atoms with Crippen molar-refractivity contribution in [2.45, 2.75) is 46.8 Å². The quantitative estimate of drug-likeness (QED) is 0.364. The molecular weight excluding hydrogens is 459 g/mol. The minimum absolute atomic E-state index is 0.0235. The molecule has 3 aromatic heterocycles. The standard InChI is InChI=1S/C24H24F3N7O/c1-13-21(17-6-8-18(25)9-7-17)32-33(11-16-4-5-16)23(13)30-19-10-20(29-12-28-19)34-15(3)22(14(2)31-34)35-24(26)27/h6-10,12,16,24H,4-5,11H2,1-3H3,(H,28,29,30). The lowest BCUT2D eigenvalue weighted by atomic mass is 10.1. The van der Waals surface area contributed by atoms with Crippen LogP contribution < -0.4 is 10.1 Å². The zero-order valence-corrected chi connectivity index (χ0v) is 19.5. The Morgan fingerprint density at radius 3 is 2.51 bits per heavy atom. The summed E-state index contributed by atoms with van der Waals surface area (Å²) >= 11 is 0. The Kier molecular flexibility index (Phi) is 5.91. The molecule has 0 unspecified atom stereocenters. The molecule has 1 fully saturated rings. The monoisotopic (exact) mass is 483 g/mol. The highest BCUT2D eigenvalue weighted by molar-refractivity contribution is 5.71. The molecule has 5 rings (SSSR count). The lowest BCUT2D eigenvalue weighted by molar-refractivity contribution is -0.0507. The van der Waals surface area contributed by atoms with E-state index in [0.717, 1.165) is 42.0 Å². The van der Waals surface area contributed by atoms with Gasteiger partial charge in [0.25, 0.3) is 0 Å². The number of nitrogens with zero attached hydrogens (tertiary/aromatic N) is 6. The molecule has 0 amide bonds. The van der Waals surface area contributed by atoms with Crippen molar-refractivity contribution in [1.29, 1.82) is 0 Å². The van der Waals surface area contributed by atoms with E-state index in [-0.39, 0.29) is 11.6 Å². The molecule has 4 aromatic rings. The molecule has 3 heterocycles. The van der Waals surface area contributed by atoms with E-state index in [2.05, 4.69) is 25.1 Å². The first-order chi connectivity index (χ1) is 16.8. The number of aryl methyl sites for hydroxylation is 1. The van der Waals surface area contributed by atoms with Crippen LogP contribution >= 0.6 is 0 Å². The average Bonchev–Trinajstić information content (AvgIpc) is 3.55. The lowest BCUT2D eigenvalue weighted by Gasteiger charge is -2.11. The van der Waals surface area contributed by atoms with Gasteiger partial charge in [-0.2, -0.15) is 19.0 Å². The molecule has 1 aliphatic rings. The van der Waals surface area contributed by atoms with Gasteiger partial charge in [-0.05, 0) is 63.8 Å². The van der Waals surface area contributed by atoms with Gasteiger partial charge in [0.15, 0.2) is 11.6 Å². The highest BCUT2D eigenvalue weighted by Crippen LogP contribution is 2.35. The van der Waals surface area contributed by atoms with Gasteiger partial charge in [0.2, 0.25) is 0 Å². The summed E-state index contributed by atoms with van der Waals surface area (Å²) in [5.41, 5.74) is 3.21. The van der Waals surface area contributed by atoms with Crippen LogP contribution in [0.1, 0.15) is 29.8 Å². The minimum atomic E-state index is -2.95. The Labute approximate surface area is 199 Å². The second-order valence-electron chi connectivity index (χ2n) is 8.63. The number of benzene rings is 1. The van der Waals surface area contributed by atoms with Crippen LogP contribution in [0.4, 0.5) is 24.8 Å². The fourth-order valence-electron chi connectivity index (χ4n) is 4.03. The summed E-state index contributed by atoms with van der Waals surface area (Å²) in [5.74, 6) is 1.95. The maximum Gasteiger partial charge on any atom is 0.387 e. The third kappa shape index (κ3) is 4.71. The van der Waals surface area contributed by atoms with Gasteiger partial charge in [-0.1, -0.05) is 0 Å². The molecule has 11 heteroatoms. The molecule has 0 saturated heterocycles. The Morgan fingerprint density at radius 1 is 1.09 bits per heavy atom. The predicted molar refractivity (Wildman–Crippen MR) is 124 cm³/mol. The van der Waals surface area contributed by atoms with E-state index in [1.165, 1.54) is 23.1 Å². The third-order valence-corrected chi connectivity index (χ3v) is 5.98. The third-order valence-electron chi connectivity index (χ3n) is 5.98. The van der Waals surface area contributed by atoms with Crippen molar-refractivity contribution in [1.82, 2.24) is 29.5 Å². The molecule has 0 bridgehead atoms. The Hall–Kier alpha value is -3.89. The van der Waals surface area contributed by atoms with E-state index < -0.39 is 6.61 Å². The second-order valence-corrected chi connectivity index (χ2v) is 8.63. The summed E-state index contributed by atoms with van der Waals surface area (Å²) in [6.45, 7) is 3.00. The molecule has 0 spiro atoms. The van der Waals surface area contributed by atoms with Crippen molar-refractivity contribution < 1.29 is 17.9 Å². The fraction of sp³-hybridized carbons (Fsp3) is 0.333. The van der Waals surface area contributed by atoms with E-state index in [4.69, 9.17) is 5.10 Å². The molecule has 1 aliphatic carbocycles. The largest absolute Gasteiger partial charge is 0.431 e. The zero-order valence-electron chi connectivity index (χ0n) is 19.5. The summed E-state index contributed by atoms with van der Waals surface area (Å²) in [7, 11) is 0. The Bertz CT molecular complexity index is 1360. The molecule has 1 N–H and O–H groups in total. The summed E-state index contributed by atoms with van der Waals surface area (Å²) in [5, 5.41) is 12.5. The van der Waals surface area contributed by atoms with Gasteiger partial charge in [-0.15, -0.1) is 0 Å². The average molecular weight is 483 g/mol. The summed E-state index contributed by atoms with van der Waals surface area (Å²) in [4.78, 5) is 8.59. The van der Waals surface area contributed by atoms with Crippen molar-refractivity contribution in [3.63, 3.8) is 0 Å². The molecule has 35 heavy (non-hydrogen) atoms. The normalized spacial score (nSPS) is 13.5. The van der Waals surface area contributed by atoms with Crippen LogP contribution in [0.25, 0.3) is 17.1 Å². The number of hydrogen-bond donors (Lipinski definition) is 1. The fourth-order valence-corrected chi connectivity index (χ4v) is 4.03. The number of halogens is 3. The number of ether oxygens (including phenoxy) is 1. The molecule has 1 saturated carbocycles. The molecule has 0 atom stereocenters. The van der Waals surface area contributed by atoms with Crippen molar-refractivity contribution in [3.8, 4) is 22.8 Å². The summed E-state index contributed by atoms with van der Waals surface area (Å²) in [6.07, 6.45) is 3.69. The van der Waals surface area contributed by atoms with Gasteiger partial charge in [0.05, 0.1) is 11.4 Å². The second kappa shape index (κ2) is 9.05. The summed E-state index contributed by atoms with van der Waals surface area (Å²) < 4.78 is 47.0. The molecule has 0 radical (unpaired) electrons. The van der Waals surface area contributed by atoms with Gasteiger partial charge < -0.3 is 10.1 Å². The lowest BCUT2D eigenvalue weighted by Crippen LogP contribution is -2.09. The number of rotatable bonds is 8. The van der Waals surface area contributed by atoms with Crippen LogP contribution in [-0.2, 0) is 6.54 Å². The van der Waals surface area contributed by atoms with Crippen molar-refractivity contribution >= 4 is 11.6 Å². The van der Waals surface area contributed by atoms with Gasteiger partial charge in [0, 0.05) is 23.7 Å². The van der Waals surface area contributed by atoms with E-state index in [0.29, 0.717) is 28.9 Å². The van der Waals surface area contributed by atoms with E-state index in [1.54, 1.807) is 32.0 Å². The maximum atomic E-state index is 13.4. The zero-order chi connectivity index (χ0) is 24.7. The van der Waals surface area contributed by atoms with Crippen LogP contribution in [0.5, 0.6) is 5.75 Å². The van der Waals surface area contributed by atoms with Crippen LogP contribution in [0.15, 0.2) is 36.7 Å². The first kappa shape index (κ1) is 22.9. The van der Waals surface area contributed by atoms with Crippen molar-refractivity contribution in [2.75, 3.05) is 5.32 Å². The maximum absolute atomic E-state index is 13.4. The molecule has 1 aromatic carbocycles. The van der Waals surface area contributed by atoms with Gasteiger partial charge >= 0.3 is 6.61 Å². The first-order valence-electron chi connectivity index (χ1n) is 11.2. The Morgan fingerprint density at radius 2 is 1.83 bits per heavy atom. The van der Waals surface area contributed by atoms with Crippen LogP contribution in [0.2, 0.25) is 0 Å². The number of nitrogens with one attached hydrogen (secondary N) is 1. The smallest absolute Gasteiger partial charge is 0.387 e. The van der Waals surface area contributed by atoms with Gasteiger partial charge in [0.1, 0.15) is 29.5 Å². The van der Waals surface area contributed by atoms with Crippen LogP contribution in [0.3, 0.4) is 0 Å². The topological polar surface area (TPSA) is 82.7 Å². The highest BCUT2D eigenvalue weighted by atomic mass is 19.3. The van der Waals surface area contributed by atoms with E-state index >= 15 is 0 Å². The predicted octanol–water partition coefficient (Wildman–Crippen LogP) is 5.35. The van der Waals surface area contributed by atoms with Crippen LogP contribution in [-0.4, -0.2) is 36.1 Å². The van der Waals surface area contributed by atoms with Gasteiger partial charge in [-0.3, -0.25) is 0 Å². The molecular formula is C24H24F3N7O. The molecule has 0 aliphatic heterocycles. The minimum Gasteiger partial charge on any atom is -0.431 e. The highest BCUT2D eigenvalue weighted by Gasteiger charge is 2.26. The van der Waals surface area contributed by atoms with Crippen molar-refractivity contribution in [3.05, 3.63) is 59.4 Å². The van der Waals surface area contributed by atoms with E-state index in [1.807, 2.05) is 11.6 Å². The van der Waals surface area contributed by atoms with Crippen LogP contribution in [0, 0.1) is 32.5 Å². The number of anilines is 2. The van der Waals surface area contributed by atoms with Crippen molar-refractivity contribution in [2.24, 2.45) is 5.92 Å². The summed E-state index contributed by atoms with van der Waals surface area (Å²) in [6, 6.07) is 7.93. The number of hydrogen-bond acceptors (Lipinski definition) is 6. The van der Waals surface area contributed by atoms with Gasteiger partial charge in [-0.25, -0.2) is 23.7 Å². The SMILES string of the molecule is Cc1nn(-c2cc(Nc3c(C)c(-c4ccc(F)cc4)nn3CC3CC3)ncn2)c(C)c1OC(F)F. The molecule has 182 valence electrons. The van der Waals surface area contributed by atoms with E-state index in [9.17, 15) is 13.2 Å².